The number of benzene rings is 2. The third-order valence-electron chi connectivity index (χ3n) is 6.73. The molecule has 1 heterocycles. The second-order valence-corrected chi connectivity index (χ2v) is 11.0. The van der Waals surface area contributed by atoms with Crippen molar-refractivity contribution in [1.29, 1.82) is 0 Å². The molecule has 10 heteroatoms. The normalized spacial score (nSPS) is 15.0. The molecule has 2 aromatic carbocycles. The van der Waals surface area contributed by atoms with Crippen LogP contribution in [0.5, 0.6) is 5.75 Å². The van der Waals surface area contributed by atoms with Crippen molar-refractivity contribution in [1.82, 2.24) is 0 Å². The first kappa shape index (κ1) is 32.5. The molecule has 1 fully saturated rings. The van der Waals surface area contributed by atoms with Gasteiger partial charge in [0.25, 0.3) is 0 Å². The molecule has 0 aromatic heterocycles. The van der Waals surface area contributed by atoms with Gasteiger partial charge in [0.15, 0.2) is 17.9 Å². The molecule has 1 saturated heterocycles. The molecule has 10 nitrogen and oxygen atoms in total. The average Bonchev–Trinajstić information content (AvgIpc) is 2.94. The highest BCUT2D eigenvalue weighted by Gasteiger charge is 2.37. The summed E-state index contributed by atoms with van der Waals surface area (Å²) in [6.45, 7) is 10.8. The summed E-state index contributed by atoms with van der Waals surface area (Å²) in [5, 5.41) is 0. The third kappa shape index (κ3) is 7.82. The topological polar surface area (TPSA) is 120 Å². The largest absolute Gasteiger partial charge is 0.464 e. The predicted octanol–water partition coefficient (Wildman–Crippen LogP) is 5.96. The van der Waals surface area contributed by atoms with E-state index >= 15 is 0 Å². The van der Waals surface area contributed by atoms with Crippen LogP contribution in [-0.4, -0.2) is 55.5 Å². The van der Waals surface area contributed by atoms with Gasteiger partial charge in [0.2, 0.25) is 11.8 Å². The van der Waals surface area contributed by atoms with Crippen molar-refractivity contribution < 1.29 is 38.2 Å². The molecule has 0 N–H and O–H groups in total. The maximum atomic E-state index is 13.9. The number of carbonyl (C=O) groups is 5. The molecule has 1 unspecified atom stereocenters. The SMILES string of the molecule is CCOC(=O)N(C(=O)C(C)(C)C)c1cccc(OC2CCCCO2)c1C(=O)CC(=O)c1ccc(N(CC)C(C)=O)cc1. The van der Waals surface area contributed by atoms with Crippen molar-refractivity contribution in [3.05, 3.63) is 53.6 Å². The summed E-state index contributed by atoms with van der Waals surface area (Å²) in [5.74, 6) is -1.73. The molecule has 226 valence electrons. The Balaban J connectivity index is 2.04. The predicted molar refractivity (Wildman–Crippen MR) is 158 cm³/mol. The van der Waals surface area contributed by atoms with E-state index in [0.717, 1.165) is 17.7 Å². The molecule has 42 heavy (non-hydrogen) atoms. The molecule has 1 atom stereocenters. The van der Waals surface area contributed by atoms with Gasteiger partial charge in [-0.15, -0.1) is 0 Å². The van der Waals surface area contributed by atoms with Crippen molar-refractivity contribution in [3.8, 4) is 5.75 Å². The lowest BCUT2D eigenvalue weighted by molar-refractivity contribution is -0.125. The number of imide groups is 1. The average molecular weight is 581 g/mol. The zero-order chi connectivity index (χ0) is 31.0. The highest BCUT2D eigenvalue weighted by atomic mass is 16.7. The van der Waals surface area contributed by atoms with Crippen molar-refractivity contribution in [3.63, 3.8) is 0 Å². The lowest BCUT2D eigenvalue weighted by Crippen LogP contribution is -2.45. The molecule has 1 aliphatic heterocycles. The third-order valence-corrected chi connectivity index (χ3v) is 6.73. The maximum Gasteiger partial charge on any atom is 0.421 e. The van der Waals surface area contributed by atoms with E-state index in [1.807, 2.05) is 6.92 Å². The van der Waals surface area contributed by atoms with Crippen LogP contribution in [0, 0.1) is 5.41 Å². The van der Waals surface area contributed by atoms with E-state index in [2.05, 4.69) is 0 Å². The number of hydrogen-bond donors (Lipinski definition) is 0. The first-order chi connectivity index (χ1) is 19.9. The minimum absolute atomic E-state index is 0.00963. The van der Waals surface area contributed by atoms with E-state index in [1.54, 1.807) is 69.0 Å². The van der Waals surface area contributed by atoms with Gasteiger partial charge in [0, 0.05) is 36.6 Å². The van der Waals surface area contributed by atoms with Crippen LogP contribution in [0.2, 0.25) is 0 Å². The van der Waals surface area contributed by atoms with Gasteiger partial charge in [-0.3, -0.25) is 19.2 Å². The van der Waals surface area contributed by atoms with E-state index in [1.165, 1.54) is 13.0 Å². The fraction of sp³-hybridized carbons (Fsp3) is 0.469. The Labute approximate surface area is 246 Å². The molecule has 3 rings (SSSR count). The molecule has 0 spiro atoms. The molecule has 2 aromatic rings. The number of carbonyl (C=O) groups excluding carboxylic acids is 5. The fourth-order valence-electron chi connectivity index (χ4n) is 4.59. The molecule has 0 bridgehead atoms. The van der Waals surface area contributed by atoms with Crippen LogP contribution in [0.3, 0.4) is 0 Å². The van der Waals surface area contributed by atoms with Gasteiger partial charge in [0.1, 0.15) is 5.75 Å². The number of rotatable bonds is 10. The Kier molecular flexibility index (Phi) is 11.0. The number of nitrogens with zero attached hydrogens (tertiary/aromatic N) is 2. The van der Waals surface area contributed by atoms with Gasteiger partial charge < -0.3 is 19.1 Å². The number of hydrogen-bond acceptors (Lipinski definition) is 8. The lowest BCUT2D eigenvalue weighted by atomic mass is 9.93. The molecule has 3 amide bonds. The highest BCUT2D eigenvalue weighted by molar-refractivity contribution is 6.21. The van der Waals surface area contributed by atoms with E-state index in [9.17, 15) is 24.0 Å². The van der Waals surface area contributed by atoms with E-state index in [-0.39, 0.29) is 35.1 Å². The zero-order valence-corrected chi connectivity index (χ0v) is 25.2. The number of amides is 3. The van der Waals surface area contributed by atoms with Gasteiger partial charge in [0.05, 0.1) is 30.9 Å². The van der Waals surface area contributed by atoms with Crippen LogP contribution in [0.1, 0.15) is 87.9 Å². The van der Waals surface area contributed by atoms with Crippen LogP contribution in [-0.2, 0) is 19.1 Å². The summed E-state index contributed by atoms with van der Waals surface area (Å²) in [5.41, 5.74) is -0.214. The first-order valence-electron chi connectivity index (χ1n) is 14.3. The standard InChI is InChI=1S/C32H40N2O8/c1-7-33(21(3)35)23-17-15-22(16-18-23)25(36)20-26(37)29-24(34(31(39)40-8-2)30(38)32(4,5)6)12-11-13-27(29)42-28-14-9-10-19-41-28/h11-13,15-18,28H,7-10,14,19-20H2,1-6H3. The fourth-order valence-corrected chi connectivity index (χ4v) is 4.59. The molecule has 1 aliphatic rings. The van der Waals surface area contributed by atoms with Crippen LogP contribution >= 0.6 is 0 Å². The van der Waals surface area contributed by atoms with E-state index in [0.29, 0.717) is 25.3 Å². The molecular weight excluding hydrogens is 540 g/mol. The van der Waals surface area contributed by atoms with Gasteiger partial charge in [-0.1, -0.05) is 26.8 Å². The first-order valence-corrected chi connectivity index (χ1v) is 14.3. The van der Waals surface area contributed by atoms with Gasteiger partial charge in [-0.05, 0) is 63.1 Å². The van der Waals surface area contributed by atoms with Crippen molar-refractivity contribution in [2.24, 2.45) is 5.41 Å². The second-order valence-electron chi connectivity index (χ2n) is 11.0. The maximum absolute atomic E-state index is 13.9. The Hall–Kier alpha value is -4.05. The number of ether oxygens (including phenoxy) is 3. The summed E-state index contributed by atoms with van der Waals surface area (Å²) in [7, 11) is 0. The van der Waals surface area contributed by atoms with Crippen molar-refractivity contribution >= 4 is 40.8 Å². The monoisotopic (exact) mass is 580 g/mol. The number of anilines is 2. The number of Topliss-reactive ketones (excluding diaryl/α,β-unsaturated/α-hetero) is 2. The Bertz CT molecular complexity index is 1310. The highest BCUT2D eigenvalue weighted by Crippen LogP contribution is 2.35. The quantitative estimate of drug-likeness (QED) is 0.250. The lowest BCUT2D eigenvalue weighted by Gasteiger charge is -2.30. The minimum atomic E-state index is -1.000. The summed E-state index contributed by atoms with van der Waals surface area (Å²) >= 11 is 0. The summed E-state index contributed by atoms with van der Waals surface area (Å²) in [4.78, 5) is 68.1. The Morgan fingerprint density at radius 3 is 2.19 bits per heavy atom. The molecule has 0 saturated carbocycles. The zero-order valence-electron chi connectivity index (χ0n) is 25.2. The van der Waals surface area contributed by atoms with Crippen molar-refractivity contribution in [2.45, 2.75) is 73.5 Å². The summed E-state index contributed by atoms with van der Waals surface area (Å²) < 4.78 is 17.0. The van der Waals surface area contributed by atoms with Crippen LogP contribution in [0.4, 0.5) is 16.2 Å². The Morgan fingerprint density at radius 2 is 1.64 bits per heavy atom. The molecule has 0 radical (unpaired) electrons. The van der Waals surface area contributed by atoms with Crippen LogP contribution < -0.4 is 14.5 Å². The van der Waals surface area contributed by atoms with Crippen molar-refractivity contribution in [2.75, 3.05) is 29.6 Å². The number of ketones is 2. The minimum Gasteiger partial charge on any atom is -0.464 e. The van der Waals surface area contributed by atoms with Crippen LogP contribution in [0.15, 0.2) is 42.5 Å². The molecular formula is C32H40N2O8. The summed E-state index contributed by atoms with van der Waals surface area (Å²) in [6, 6.07) is 11.0. The van der Waals surface area contributed by atoms with Gasteiger partial charge >= 0.3 is 6.09 Å². The summed E-state index contributed by atoms with van der Waals surface area (Å²) in [6.07, 6.45) is 0.242. The second kappa shape index (κ2) is 14.2. The van der Waals surface area contributed by atoms with E-state index < -0.39 is 41.7 Å². The van der Waals surface area contributed by atoms with Gasteiger partial charge in [-0.25, -0.2) is 9.69 Å². The van der Waals surface area contributed by atoms with Gasteiger partial charge in [-0.2, -0.15) is 0 Å². The molecule has 0 aliphatic carbocycles. The van der Waals surface area contributed by atoms with E-state index in [4.69, 9.17) is 14.2 Å². The Morgan fingerprint density at radius 1 is 0.952 bits per heavy atom. The van der Waals surface area contributed by atoms with Crippen LogP contribution in [0.25, 0.3) is 0 Å². The smallest absolute Gasteiger partial charge is 0.421 e.